The summed E-state index contributed by atoms with van der Waals surface area (Å²) < 4.78 is 13.2. The van der Waals surface area contributed by atoms with E-state index in [0.717, 1.165) is 0 Å². The number of nitrogens with one attached hydrogen (secondary N) is 1. The van der Waals surface area contributed by atoms with Crippen LogP contribution in [0, 0.1) is 5.82 Å². The van der Waals surface area contributed by atoms with Crippen molar-refractivity contribution in [2.45, 2.75) is 12.5 Å². The second kappa shape index (κ2) is 4.80. The van der Waals surface area contributed by atoms with Gasteiger partial charge in [-0.2, -0.15) is 0 Å². The highest BCUT2D eigenvalue weighted by Gasteiger charge is 2.23. The first kappa shape index (κ1) is 11.5. The quantitative estimate of drug-likeness (QED) is 0.814. The zero-order chi connectivity index (χ0) is 10.6. The van der Waals surface area contributed by atoms with Gasteiger partial charge in [-0.05, 0) is 19.1 Å². The maximum Gasteiger partial charge on any atom is 0.165 e. The molecule has 0 amide bonds. The van der Waals surface area contributed by atoms with E-state index in [2.05, 4.69) is 10.3 Å². The van der Waals surface area contributed by atoms with Crippen molar-refractivity contribution in [3.05, 3.63) is 24.1 Å². The number of rotatable bonds is 4. The maximum absolute atomic E-state index is 13.2. The second-order valence-corrected chi connectivity index (χ2v) is 3.82. The second-order valence-electron chi connectivity index (χ2n) is 3.29. The summed E-state index contributed by atoms with van der Waals surface area (Å²) >= 11 is 11.4. The Morgan fingerprint density at radius 3 is 2.64 bits per heavy atom. The lowest BCUT2D eigenvalue weighted by Crippen LogP contribution is -2.39. The number of anilines is 1. The van der Waals surface area contributed by atoms with E-state index in [1.54, 1.807) is 6.92 Å². The van der Waals surface area contributed by atoms with Gasteiger partial charge in [0.1, 0.15) is 0 Å². The Labute approximate surface area is 92.4 Å². The number of halogens is 3. The van der Waals surface area contributed by atoms with Gasteiger partial charge in [0.25, 0.3) is 0 Å². The van der Waals surface area contributed by atoms with Gasteiger partial charge in [-0.15, -0.1) is 23.2 Å². The molecule has 78 valence electrons. The van der Waals surface area contributed by atoms with Gasteiger partial charge in [-0.1, -0.05) is 0 Å². The van der Waals surface area contributed by atoms with Crippen molar-refractivity contribution in [3.63, 3.8) is 0 Å². The molecule has 1 N–H and O–H groups in total. The van der Waals surface area contributed by atoms with E-state index in [-0.39, 0.29) is 17.6 Å². The van der Waals surface area contributed by atoms with Crippen molar-refractivity contribution >= 4 is 29.0 Å². The standard InChI is InChI=1S/C9H11Cl2FN2/c1-9(5-10,6-11)14-8-7(12)3-2-4-13-8/h2-4H,5-6H2,1H3,(H,13,14). The SMILES string of the molecule is CC(CCl)(CCl)Nc1ncccc1F. The lowest BCUT2D eigenvalue weighted by molar-refractivity contribution is 0.597. The van der Waals surface area contributed by atoms with Gasteiger partial charge in [0.2, 0.25) is 0 Å². The van der Waals surface area contributed by atoms with Crippen LogP contribution in [-0.2, 0) is 0 Å². The summed E-state index contributed by atoms with van der Waals surface area (Å²) in [6, 6.07) is 2.86. The number of pyridine rings is 1. The summed E-state index contributed by atoms with van der Waals surface area (Å²) in [6.45, 7) is 1.81. The average Bonchev–Trinajstić information content (AvgIpc) is 2.21. The molecule has 1 rings (SSSR count). The first-order valence-electron chi connectivity index (χ1n) is 4.12. The summed E-state index contributed by atoms with van der Waals surface area (Å²) in [5, 5.41) is 2.87. The Morgan fingerprint density at radius 1 is 1.50 bits per heavy atom. The van der Waals surface area contributed by atoms with E-state index in [1.807, 2.05) is 0 Å². The fraction of sp³-hybridized carbons (Fsp3) is 0.444. The molecule has 1 aromatic heterocycles. The molecule has 0 saturated heterocycles. The van der Waals surface area contributed by atoms with Crippen LogP contribution in [0.4, 0.5) is 10.2 Å². The highest BCUT2D eigenvalue weighted by atomic mass is 35.5. The van der Waals surface area contributed by atoms with Crippen LogP contribution in [0.25, 0.3) is 0 Å². The number of nitrogens with zero attached hydrogens (tertiary/aromatic N) is 1. The van der Waals surface area contributed by atoms with Gasteiger partial charge in [-0.3, -0.25) is 0 Å². The van der Waals surface area contributed by atoms with Crippen LogP contribution >= 0.6 is 23.2 Å². The Bertz CT molecular complexity index is 303. The Morgan fingerprint density at radius 2 is 2.14 bits per heavy atom. The molecule has 0 saturated carbocycles. The van der Waals surface area contributed by atoms with E-state index < -0.39 is 11.4 Å². The summed E-state index contributed by atoms with van der Waals surface area (Å²) in [6.07, 6.45) is 1.51. The van der Waals surface area contributed by atoms with E-state index in [1.165, 1.54) is 18.3 Å². The summed E-state index contributed by atoms with van der Waals surface area (Å²) in [7, 11) is 0. The number of hydrogen-bond donors (Lipinski definition) is 1. The highest BCUT2D eigenvalue weighted by molar-refractivity contribution is 6.22. The number of alkyl halides is 2. The molecule has 1 heterocycles. The van der Waals surface area contributed by atoms with Crippen molar-refractivity contribution in [3.8, 4) is 0 Å². The largest absolute Gasteiger partial charge is 0.360 e. The number of aromatic nitrogens is 1. The zero-order valence-electron chi connectivity index (χ0n) is 7.73. The van der Waals surface area contributed by atoms with E-state index in [9.17, 15) is 4.39 Å². The molecule has 0 aliphatic rings. The molecule has 0 atom stereocenters. The van der Waals surface area contributed by atoms with Gasteiger partial charge in [0.05, 0.1) is 5.54 Å². The Balaban J connectivity index is 2.82. The van der Waals surface area contributed by atoms with Gasteiger partial charge in [-0.25, -0.2) is 9.37 Å². The first-order valence-corrected chi connectivity index (χ1v) is 5.19. The predicted octanol–water partition coefficient (Wildman–Crippen LogP) is 2.87. The topological polar surface area (TPSA) is 24.9 Å². The molecule has 0 aliphatic heterocycles. The highest BCUT2D eigenvalue weighted by Crippen LogP contribution is 2.18. The maximum atomic E-state index is 13.2. The third-order valence-corrected chi connectivity index (χ3v) is 2.95. The van der Waals surface area contributed by atoms with Gasteiger partial charge in [0.15, 0.2) is 11.6 Å². The molecule has 2 nitrogen and oxygen atoms in total. The van der Waals surface area contributed by atoms with Crippen LogP contribution < -0.4 is 5.32 Å². The first-order chi connectivity index (χ1) is 6.61. The molecule has 0 bridgehead atoms. The van der Waals surface area contributed by atoms with Gasteiger partial charge >= 0.3 is 0 Å². The predicted molar refractivity (Wildman–Crippen MR) is 57.7 cm³/mol. The number of hydrogen-bond acceptors (Lipinski definition) is 2. The van der Waals surface area contributed by atoms with Crippen molar-refractivity contribution in [1.82, 2.24) is 4.98 Å². The third kappa shape index (κ3) is 2.72. The molecular formula is C9H11Cl2FN2. The summed E-state index contributed by atoms with van der Waals surface area (Å²) in [5.74, 6) is 0.337. The van der Waals surface area contributed by atoms with Crippen LogP contribution in [0.15, 0.2) is 18.3 Å². The van der Waals surface area contributed by atoms with E-state index in [0.29, 0.717) is 0 Å². The monoisotopic (exact) mass is 236 g/mol. The van der Waals surface area contributed by atoms with Crippen LogP contribution in [0.1, 0.15) is 6.92 Å². The van der Waals surface area contributed by atoms with Crippen molar-refractivity contribution in [2.75, 3.05) is 17.1 Å². The average molecular weight is 237 g/mol. The molecule has 1 aromatic rings. The minimum Gasteiger partial charge on any atom is -0.360 e. The third-order valence-electron chi connectivity index (χ3n) is 1.77. The zero-order valence-corrected chi connectivity index (χ0v) is 9.24. The molecule has 14 heavy (non-hydrogen) atoms. The van der Waals surface area contributed by atoms with Gasteiger partial charge in [0, 0.05) is 18.0 Å². The molecule has 0 aliphatic carbocycles. The molecule has 0 fully saturated rings. The van der Waals surface area contributed by atoms with E-state index in [4.69, 9.17) is 23.2 Å². The smallest absolute Gasteiger partial charge is 0.165 e. The molecule has 0 radical (unpaired) electrons. The Hall–Kier alpha value is -0.540. The van der Waals surface area contributed by atoms with Crippen LogP contribution in [0.5, 0.6) is 0 Å². The molecule has 0 spiro atoms. The fourth-order valence-corrected chi connectivity index (χ4v) is 1.29. The normalized spacial score (nSPS) is 11.4. The molecule has 0 aromatic carbocycles. The van der Waals surface area contributed by atoms with E-state index >= 15 is 0 Å². The Kier molecular flexibility index (Phi) is 3.96. The fourth-order valence-electron chi connectivity index (χ4n) is 0.866. The van der Waals surface area contributed by atoms with Crippen LogP contribution in [0.3, 0.4) is 0 Å². The van der Waals surface area contributed by atoms with Crippen LogP contribution in [0.2, 0.25) is 0 Å². The lowest BCUT2D eigenvalue weighted by atomic mass is 10.1. The van der Waals surface area contributed by atoms with Crippen LogP contribution in [-0.4, -0.2) is 22.3 Å². The minimum atomic E-state index is -0.543. The van der Waals surface area contributed by atoms with Gasteiger partial charge < -0.3 is 5.32 Å². The van der Waals surface area contributed by atoms with Crippen molar-refractivity contribution < 1.29 is 4.39 Å². The summed E-state index contributed by atoms with van der Waals surface area (Å²) in [4.78, 5) is 3.86. The minimum absolute atomic E-state index is 0.177. The van der Waals surface area contributed by atoms with Crippen molar-refractivity contribution in [2.24, 2.45) is 0 Å². The molecule has 0 unspecified atom stereocenters. The lowest BCUT2D eigenvalue weighted by Gasteiger charge is -2.26. The van der Waals surface area contributed by atoms with Crippen molar-refractivity contribution in [1.29, 1.82) is 0 Å². The summed E-state index contributed by atoms with van der Waals surface area (Å²) in [5.41, 5.74) is -0.543. The molecular weight excluding hydrogens is 226 g/mol. The molecule has 5 heteroatoms.